The Kier molecular flexibility index (Phi) is 4.79. The van der Waals surface area contributed by atoms with E-state index in [4.69, 9.17) is 5.73 Å². The predicted molar refractivity (Wildman–Crippen MR) is 65.9 cm³/mol. The summed E-state index contributed by atoms with van der Waals surface area (Å²) in [5.41, 5.74) is 9.57. The van der Waals surface area contributed by atoms with E-state index in [9.17, 15) is 0 Å². The molecule has 0 aliphatic carbocycles. The third kappa shape index (κ3) is 4.02. The molecule has 15 heavy (non-hydrogen) atoms. The second-order valence-electron chi connectivity index (χ2n) is 4.28. The van der Waals surface area contributed by atoms with E-state index in [1.807, 2.05) is 0 Å². The quantitative estimate of drug-likeness (QED) is 0.774. The first-order valence-corrected chi connectivity index (χ1v) is 5.63. The number of nitrogens with one attached hydrogen (secondary N) is 1. The zero-order chi connectivity index (χ0) is 11.3. The molecule has 1 unspecified atom stereocenters. The van der Waals surface area contributed by atoms with Gasteiger partial charge in [-0.05, 0) is 50.4 Å². The average molecular weight is 206 g/mol. The van der Waals surface area contributed by atoms with Gasteiger partial charge in [0, 0.05) is 12.6 Å². The molecule has 0 amide bonds. The minimum Gasteiger partial charge on any atom is -0.330 e. The number of rotatable bonds is 5. The molecule has 1 rings (SSSR count). The lowest BCUT2D eigenvalue weighted by molar-refractivity contribution is 0.519. The maximum absolute atomic E-state index is 5.50. The molecular weight excluding hydrogens is 184 g/mol. The van der Waals surface area contributed by atoms with Crippen LogP contribution in [0.15, 0.2) is 18.2 Å². The third-order valence-electron chi connectivity index (χ3n) is 2.83. The molecule has 0 aliphatic rings. The third-order valence-corrected chi connectivity index (χ3v) is 2.83. The summed E-state index contributed by atoms with van der Waals surface area (Å²) in [5.74, 6) is 0. The highest BCUT2D eigenvalue weighted by Gasteiger charge is 2.00. The normalized spacial score (nSPS) is 12.8. The molecule has 1 aromatic rings. The summed E-state index contributed by atoms with van der Waals surface area (Å²) < 4.78 is 0. The van der Waals surface area contributed by atoms with Crippen LogP contribution in [0, 0.1) is 13.8 Å². The van der Waals surface area contributed by atoms with Gasteiger partial charge in [-0.15, -0.1) is 0 Å². The fourth-order valence-corrected chi connectivity index (χ4v) is 1.56. The maximum Gasteiger partial charge on any atom is 0.0208 e. The van der Waals surface area contributed by atoms with Crippen molar-refractivity contribution in [3.63, 3.8) is 0 Å². The Hall–Kier alpha value is -0.860. The van der Waals surface area contributed by atoms with Gasteiger partial charge in [0.05, 0.1) is 0 Å². The molecule has 0 radical (unpaired) electrons. The number of benzene rings is 1. The lowest BCUT2D eigenvalue weighted by Gasteiger charge is -2.13. The van der Waals surface area contributed by atoms with Crippen molar-refractivity contribution in [2.45, 2.75) is 39.8 Å². The highest BCUT2D eigenvalue weighted by Crippen LogP contribution is 2.09. The SMILES string of the molecule is Cc1ccc(CNC(C)CCN)cc1C. The molecule has 1 aromatic carbocycles. The van der Waals surface area contributed by atoms with Crippen molar-refractivity contribution in [2.24, 2.45) is 5.73 Å². The molecule has 0 fully saturated rings. The second kappa shape index (κ2) is 5.89. The van der Waals surface area contributed by atoms with E-state index in [1.165, 1.54) is 16.7 Å². The molecule has 0 heterocycles. The van der Waals surface area contributed by atoms with Crippen molar-refractivity contribution in [1.82, 2.24) is 5.32 Å². The number of hydrogen-bond donors (Lipinski definition) is 2. The Morgan fingerprint density at radius 3 is 2.60 bits per heavy atom. The fraction of sp³-hybridized carbons (Fsp3) is 0.538. The van der Waals surface area contributed by atoms with Crippen LogP contribution in [0.2, 0.25) is 0 Å². The Morgan fingerprint density at radius 1 is 1.27 bits per heavy atom. The van der Waals surface area contributed by atoms with Crippen LogP contribution < -0.4 is 11.1 Å². The van der Waals surface area contributed by atoms with Gasteiger partial charge in [-0.2, -0.15) is 0 Å². The van der Waals surface area contributed by atoms with Crippen LogP contribution >= 0.6 is 0 Å². The molecule has 2 heteroatoms. The molecule has 0 aromatic heterocycles. The van der Waals surface area contributed by atoms with E-state index in [-0.39, 0.29) is 0 Å². The van der Waals surface area contributed by atoms with E-state index < -0.39 is 0 Å². The zero-order valence-electron chi connectivity index (χ0n) is 10.0. The van der Waals surface area contributed by atoms with E-state index in [1.54, 1.807) is 0 Å². The number of nitrogens with two attached hydrogens (primary N) is 1. The van der Waals surface area contributed by atoms with Crippen molar-refractivity contribution in [1.29, 1.82) is 0 Å². The van der Waals surface area contributed by atoms with Crippen LogP contribution in [0.3, 0.4) is 0 Å². The molecule has 84 valence electrons. The highest BCUT2D eigenvalue weighted by molar-refractivity contribution is 5.29. The van der Waals surface area contributed by atoms with Crippen molar-refractivity contribution < 1.29 is 0 Å². The first-order chi connectivity index (χ1) is 7.13. The highest BCUT2D eigenvalue weighted by atomic mass is 14.9. The van der Waals surface area contributed by atoms with Crippen LogP contribution in [-0.4, -0.2) is 12.6 Å². The van der Waals surface area contributed by atoms with Gasteiger partial charge in [0.25, 0.3) is 0 Å². The van der Waals surface area contributed by atoms with Gasteiger partial charge < -0.3 is 11.1 Å². The summed E-state index contributed by atoms with van der Waals surface area (Å²) in [6.45, 7) is 8.16. The van der Waals surface area contributed by atoms with Crippen LogP contribution in [0.4, 0.5) is 0 Å². The van der Waals surface area contributed by atoms with Gasteiger partial charge >= 0.3 is 0 Å². The lowest BCUT2D eigenvalue weighted by atomic mass is 10.1. The van der Waals surface area contributed by atoms with Gasteiger partial charge in [-0.3, -0.25) is 0 Å². The van der Waals surface area contributed by atoms with Crippen LogP contribution in [0.1, 0.15) is 30.0 Å². The second-order valence-corrected chi connectivity index (χ2v) is 4.28. The summed E-state index contributed by atoms with van der Waals surface area (Å²) >= 11 is 0. The van der Waals surface area contributed by atoms with Crippen LogP contribution in [-0.2, 0) is 6.54 Å². The number of aryl methyl sites for hydroxylation is 2. The Morgan fingerprint density at radius 2 is 2.00 bits per heavy atom. The van der Waals surface area contributed by atoms with Crippen molar-refractivity contribution in [3.05, 3.63) is 34.9 Å². The summed E-state index contributed by atoms with van der Waals surface area (Å²) in [5, 5.41) is 3.47. The van der Waals surface area contributed by atoms with E-state index in [0.29, 0.717) is 6.04 Å². The molecule has 3 N–H and O–H groups in total. The predicted octanol–water partition coefficient (Wildman–Crippen LogP) is 2.13. The Labute approximate surface area is 92.9 Å². The molecule has 0 bridgehead atoms. The van der Waals surface area contributed by atoms with Crippen LogP contribution in [0.5, 0.6) is 0 Å². The molecule has 0 saturated heterocycles. The first kappa shape index (κ1) is 12.2. The molecule has 2 nitrogen and oxygen atoms in total. The van der Waals surface area contributed by atoms with Gasteiger partial charge in [0.2, 0.25) is 0 Å². The largest absolute Gasteiger partial charge is 0.330 e. The monoisotopic (exact) mass is 206 g/mol. The van der Waals surface area contributed by atoms with Crippen molar-refractivity contribution in [3.8, 4) is 0 Å². The minimum atomic E-state index is 0.497. The topological polar surface area (TPSA) is 38.0 Å². The maximum atomic E-state index is 5.50. The van der Waals surface area contributed by atoms with Crippen molar-refractivity contribution in [2.75, 3.05) is 6.54 Å². The Bertz CT molecular complexity index is 307. The van der Waals surface area contributed by atoms with Gasteiger partial charge in [0.1, 0.15) is 0 Å². The zero-order valence-corrected chi connectivity index (χ0v) is 10.0. The average Bonchev–Trinajstić information content (AvgIpc) is 2.20. The van der Waals surface area contributed by atoms with E-state index in [0.717, 1.165) is 19.5 Å². The molecule has 0 spiro atoms. The van der Waals surface area contributed by atoms with E-state index >= 15 is 0 Å². The summed E-state index contributed by atoms with van der Waals surface area (Å²) in [4.78, 5) is 0. The van der Waals surface area contributed by atoms with Gasteiger partial charge in [-0.25, -0.2) is 0 Å². The smallest absolute Gasteiger partial charge is 0.0208 e. The molecule has 0 aliphatic heterocycles. The molecule has 1 atom stereocenters. The fourth-order valence-electron chi connectivity index (χ4n) is 1.56. The minimum absolute atomic E-state index is 0.497. The standard InChI is InChI=1S/C13H22N2/c1-10-4-5-13(8-11(10)2)9-15-12(3)6-7-14/h4-5,8,12,15H,6-7,9,14H2,1-3H3. The van der Waals surface area contributed by atoms with Crippen LogP contribution in [0.25, 0.3) is 0 Å². The summed E-state index contributed by atoms with van der Waals surface area (Å²) in [6.07, 6.45) is 1.03. The summed E-state index contributed by atoms with van der Waals surface area (Å²) in [6, 6.07) is 7.11. The molecule has 0 saturated carbocycles. The Balaban J connectivity index is 2.47. The van der Waals surface area contributed by atoms with E-state index in [2.05, 4.69) is 44.3 Å². The molecular formula is C13H22N2. The summed E-state index contributed by atoms with van der Waals surface area (Å²) in [7, 11) is 0. The van der Waals surface area contributed by atoms with Gasteiger partial charge in [-0.1, -0.05) is 18.2 Å². The first-order valence-electron chi connectivity index (χ1n) is 5.63. The van der Waals surface area contributed by atoms with Crippen molar-refractivity contribution >= 4 is 0 Å². The number of hydrogen-bond acceptors (Lipinski definition) is 2. The lowest BCUT2D eigenvalue weighted by Crippen LogP contribution is -2.27. The van der Waals surface area contributed by atoms with Gasteiger partial charge in [0.15, 0.2) is 0 Å².